The normalized spacial score (nSPS) is 24.1. The standard InChI is InChI=1S/C21H28N4O3S/c1-15-6-3-4-7-18(15)19-8-5-10-24(19)13-21(26)22-20-12-16(2)23-25(20)17-9-11-29(27,28)14-17/h3-4,6-7,12,17,19H,5,8-11,13-14H2,1-2H3,(H,22,26). The third-order valence-electron chi connectivity index (χ3n) is 5.94. The molecule has 0 aliphatic carbocycles. The molecule has 0 radical (unpaired) electrons. The number of anilines is 1. The number of amides is 1. The van der Waals surface area contributed by atoms with Crippen LogP contribution in [0.4, 0.5) is 5.82 Å². The number of aryl methyl sites for hydroxylation is 2. The first-order valence-corrected chi connectivity index (χ1v) is 12.0. The second kappa shape index (κ2) is 7.91. The number of hydrogen-bond acceptors (Lipinski definition) is 5. The van der Waals surface area contributed by atoms with Crippen molar-refractivity contribution >= 4 is 21.6 Å². The van der Waals surface area contributed by atoms with Gasteiger partial charge in [0.1, 0.15) is 5.82 Å². The predicted molar refractivity (Wildman–Crippen MR) is 113 cm³/mol. The van der Waals surface area contributed by atoms with Gasteiger partial charge in [-0.15, -0.1) is 0 Å². The van der Waals surface area contributed by atoms with Gasteiger partial charge in [-0.3, -0.25) is 9.69 Å². The van der Waals surface area contributed by atoms with Crippen LogP contribution in [0.1, 0.15) is 48.2 Å². The number of sulfone groups is 1. The second-order valence-corrected chi connectivity index (χ2v) is 10.4. The number of nitrogens with zero attached hydrogens (tertiary/aromatic N) is 3. The van der Waals surface area contributed by atoms with Gasteiger partial charge >= 0.3 is 0 Å². The molecule has 0 bridgehead atoms. The quantitative estimate of drug-likeness (QED) is 0.810. The summed E-state index contributed by atoms with van der Waals surface area (Å²) in [6.45, 7) is 5.17. The summed E-state index contributed by atoms with van der Waals surface area (Å²) in [7, 11) is -3.02. The molecular weight excluding hydrogens is 388 g/mol. The van der Waals surface area contributed by atoms with Crippen molar-refractivity contribution in [2.24, 2.45) is 0 Å². The molecule has 2 atom stereocenters. The smallest absolute Gasteiger partial charge is 0.239 e. The highest BCUT2D eigenvalue weighted by atomic mass is 32.2. The van der Waals surface area contributed by atoms with Gasteiger partial charge < -0.3 is 5.32 Å². The zero-order chi connectivity index (χ0) is 20.6. The molecule has 3 heterocycles. The molecule has 7 nitrogen and oxygen atoms in total. The zero-order valence-corrected chi connectivity index (χ0v) is 17.8. The maximum absolute atomic E-state index is 12.8. The van der Waals surface area contributed by atoms with E-state index in [2.05, 4.69) is 40.4 Å². The minimum Gasteiger partial charge on any atom is -0.310 e. The third kappa shape index (κ3) is 4.38. The van der Waals surface area contributed by atoms with Crippen molar-refractivity contribution in [3.63, 3.8) is 0 Å². The topological polar surface area (TPSA) is 84.3 Å². The van der Waals surface area contributed by atoms with Crippen molar-refractivity contribution in [2.45, 2.75) is 45.2 Å². The molecule has 1 amide bonds. The van der Waals surface area contributed by atoms with E-state index in [0.717, 1.165) is 25.1 Å². The number of carbonyl (C=O) groups is 1. The molecule has 1 aromatic carbocycles. The molecule has 8 heteroatoms. The Kier molecular flexibility index (Phi) is 5.48. The number of likely N-dealkylation sites (tertiary alicyclic amines) is 1. The third-order valence-corrected chi connectivity index (χ3v) is 7.69. The van der Waals surface area contributed by atoms with Gasteiger partial charge in [0.15, 0.2) is 9.84 Å². The lowest BCUT2D eigenvalue weighted by Gasteiger charge is -2.25. The van der Waals surface area contributed by atoms with Crippen LogP contribution >= 0.6 is 0 Å². The lowest BCUT2D eigenvalue weighted by Crippen LogP contribution is -2.33. The summed E-state index contributed by atoms with van der Waals surface area (Å²) in [4.78, 5) is 15.0. The maximum atomic E-state index is 12.8. The fourth-order valence-electron chi connectivity index (χ4n) is 4.55. The molecule has 4 rings (SSSR count). The van der Waals surface area contributed by atoms with Crippen LogP contribution in [0.25, 0.3) is 0 Å². The Hall–Kier alpha value is -2.19. The number of carbonyl (C=O) groups excluding carboxylic acids is 1. The first-order chi connectivity index (χ1) is 13.8. The molecule has 2 unspecified atom stereocenters. The first-order valence-electron chi connectivity index (χ1n) is 10.2. The highest BCUT2D eigenvalue weighted by Gasteiger charge is 2.32. The van der Waals surface area contributed by atoms with Gasteiger partial charge in [0.2, 0.25) is 5.91 Å². The van der Waals surface area contributed by atoms with Gasteiger partial charge in [-0.25, -0.2) is 13.1 Å². The summed E-state index contributed by atoms with van der Waals surface area (Å²) in [5.41, 5.74) is 3.30. The van der Waals surface area contributed by atoms with Gasteiger partial charge in [-0.05, 0) is 50.8 Å². The predicted octanol–water partition coefficient (Wildman–Crippen LogP) is 2.64. The number of benzene rings is 1. The first kappa shape index (κ1) is 20.1. The molecule has 0 saturated carbocycles. The highest BCUT2D eigenvalue weighted by Crippen LogP contribution is 2.33. The average Bonchev–Trinajstić information content (AvgIpc) is 3.34. The summed E-state index contributed by atoms with van der Waals surface area (Å²) >= 11 is 0. The summed E-state index contributed by atoms with van der Waals surface area (Å²) in [6.07, 6.45) is 2.66. The SMILES string of the molecule is Cc1cc(NC(=O)CN2CCCC2c2ccccc2C)n(C2CCS(=O)(=O)C2)n1. The van der Waals surface area contributed by atoms with Gasteiger partial charge in [-0.1, -0.05) is 24.3 Å². The molecule has 2 aliphatic heterocycles. The van der Waals surface area contributed by atoms with E-state index in [1.807, 2.05) is 19.1 Å². The monoisotopic (exact) mass is 416 g/mol. The Morgan fingerprint density at radius 3 is 2.76 bits per heavy atom. The summed E-state index contributed by atoms with van der Waals surface area (Å²) < 4.78 is 25.4. The van der Waals surface area contributed by atoms with Crippen molar-refractivity contribution in [1.29, 1.82) is 0 Å². The fourth-order valence-corrected chi connectivity index (χ4v) is 6.24. The van der Waals surface area contributed by atoms with E-state index < -0.39 is 9.84 Å². The Morgan fingerprint density at radius 2 is 2.03 bits per heavy atom. The van der Waals surface area contributed by atoms with Crippen molar-refractivity contribution in [3.8, 4) is 0 Å². The van der Waals surface area contributed by atoms with Crippen LogP contribution in [-0.2, 0) is 14.6 Å². The summed E-state index contributed by atoms with van der Waals surface area (Å²) in [6, 6.07) is 10.2. The number of aromatic nitrogens is 2. The van der Waals surface area contributed by atoms with Gasteiger partial charge in [-0.2, -0.15) is 5.10 Å². The summed E-state index contributed by atoms with van der Waals surface area (Å²) in [5.74, 6) is 0.752. The minimum atomic E-state index is -3.02. The van der Waals surface area contributed by atoms with E-state index in [9.17, 15) is 13.2 Å². The van der Waals surface area contributed by atoms with Crippen LogP contribution in [0.3, 0.4) is 0 Å². The van der Waals surface area contributed by atoms with Crippen LogP contribution in [0.15, 0.2) is 30.3 Å². The molecule has 1 aromatic heterocycles. The molecular formula is C21H28N4O3S. The Labute approximate surface area is 172 Å². The van der Waals surface area contributed by atoms with Gasteiger partial charge in [0, 0.05) is 12.1 Å². The van der Waals surface area contributed by atoms with E-state index in [1.54, 1.807) is 4.68 Å². The van der Waals surface area contributed by atoms with Gasteiger partial charge in [0.25, 0.3) is 0 Å². The van der Waals surface area contributed by atoms with E-state index in [0.29, 0.717) is 18.8 Å². The molecule has 29 heavy (non-hydrogen) atoms. The van der Waals surface area contributed by atoms with Crippen LogP contribution < -0.4 is 5.32 Å². The van der Waals surface area contributed by atoms with Crippen LogP contribution in [0.5, 0.6) is 0 Å². The average molecular weight is 417 g/mol. The lowest BCUT2D eigenvalue weighted by molar-refractivity contribution is -0.117. The fraction of sp³-hybridized carbons (Fsp3) is 0.524. The lowest BCUT2D eigenvalue weighted by atomic mass is 9.99. The number of nitrogens with one attached hydrogen (secondary N) is 1. The van der Waals surface area contributed by atoms with Crippen LogP contribution in [-0.4, -0.2) is 53.6 Å². The Bertz CT molecular complexity index is 1010. The van der Waals surface area contributed by atoms with Crippen molar-refractivity contribution < 1.29 is 13.2 Å². The van der Waals surface area contributed by atoms with E-state index in [4.69, 9.17) is 0 Å². The molecule has 1 N–H and O–H groups in total. The van der Waals surface area contributed by atoms with Crippen molar-refractivity contribution in [3.05, 3.63) is 47.2 Å². The Balaban J connectivity index is 1.46. The molecule has 2 aromatic rings. The van der Waals surface area contributed by atoms with Gasteiger partial charge in [0.05, 0.1) is 29.8 Å². The molecule has 0 spiro atoms. The highest BCUT2D eigenvalue weighted by molar-refractivity contribution is 7.91. The Morgan fingerprint density at radius 1 is 1.24 bits per heavy atom. The minimum absolute atomic E-state index is 0.0818. The number of rotatable bonds is 5. The summed E-state index contributed by atoms with van der Waals surface area (Å²) in [5, 5.41) is 7.42. The largest absolute Gasteiger partial charge is 0.310 e. The van der Waals surface area contributed by atoms with E-state index in [-0.39, 0.29) is 29.5 Å². The second-order valence-electron chi connectivity index (χ2n) is 8.21. The molecule has 2 fully saturated rings. The zero-order valence-electron chi connectivity index (χ0n) is 17.0. The van der Waals surface area contributed by atoms with Crippen molar-refractivity contribution in [2.75, 3.05) is 29.9 Å². The van der Waals surface area contributed by atoms with Crippen molar-refractivity contribution in [1.82, 2.24) is 14.7 Å². The molecule has 2 aliphatic rings. The van der Waals surface area contributed by atoms with Crippen LogP contribution in [0, 0.1) is 13.8 Å². The molecule has 2 saturated heterocycles. The van der Waals surface area contributed by atoms with E-state index >= 15 is 0 Å². The number of hydrogen-bond donors (Lipinski definition) is 1. The molecule has 156 valence electrons. The van der Waals surface area contributed by atoms with Crippen LogP contribution in [0.2, 0.25) is 0 Å². The van der Waals surface area contributed by atoms with E-state index in [1.165, 1.54) is 11.1 Å². The maximum Gasteiger partial charge on any atom is 0.239 e.